The van der Waals surface area contributed by atoms with Gasteiger partial charge in [-0.3, -0.25) is 0 Å². The summed E-state index contributed by atoms with van der Waals surface area (Å²) in [6, 6.07) is 13.4. The first kappa shape index (κ1) is 20.2. The van der Waals surface area contributed by atoms with Crippen molar-refractivity contribution < 1.29 is 0 Å². The summed E-state index contributed by atoms with van der Waals surface area (Å²) >= 11 is 7.27. The molecule has 0 atom stereocenters. The first-order valence-corrected chi connectivity index (χ1v) is 10.5. The maximum Gasteiger partial charge on any atom is 0.0178 e. The monoisotopic (exact) mass is 460 g/mol. The minimum absolute atomic E-state index is 1.06. The number of allylic oxidation sites excluding steroid dienone is 2. The first-order chi connectivity index (χ1) is 12.2. The van der Waals surface area contributed by atoms with Gasteiger partial charge in [-0.15, -0.1) is 13.2 Å². The highest BCUT2D eigenvalue weighted by Gasteiger charge is 2.11. The van der Waals surface area contributed by atoms with Crippen LogP contribution >= 0.6 is 31.9 Å². The summed E-state index contributed by atoms with van der Waals surface area (Å²) in [5.74, 6) is 0. The van der Waals surface area contributed by atoms with E-state index in [4.69, 9.17) is 0 Å². The van der Waals surface area contributed by atoms with Crippen molar-refractivity contribution in [2.45, 2.75) is 44.9 Å². The van der Waals surface area contributed by atoms with E-state index in [0.717, 1.165) is 41.0 Å². The maximum absolute atomic E-state index is 3.84. The fraction of sp³-hybridized carbons (Fsp3) is 0.304. The Morgan fingerprint density at radius 1 is 0.680 bits per heavy atom. The van der Waals surface area contributed by atoms with Gasteiger partial charge in [0.25, 0.3) is 0 Å². The van der Waals surface area contributed by atoms with Gasteiger partial charge < -0.3 is 0 Å². The summed E-state index contributed by atoms with van der Waals surface area (Å²) in [7, 11) is 0. The molecule has 0 saturated heterocycles. The standard InChI is InChI=1S/C23H26Br2/c1-3-5-7-9-11-19-17-21(25)13-15-23(19)22-14-12-20(24)16-18(22)10-8-6-4-2/h3-4,12-17H,1-2,5-11H2. The molecular weight excluding hydrogens is 436 g/mol. The van der Waals surface area contributed by atoms with E-state index in [0.29, 0.717) is 0 Å². The van der Waals surface area contributed by atoms with Gasteiger partial charge in [-0.2, -0.15) is 0 Å². The van der Waals surface area contributed by atoms with Gasteiger partial charge in [0.1, 0.15) is 0 Å². The third kappa shape index (κ3) is 6.27. The average molecular weight is 462 g/mol. The van der Waals surface area contributed by atoms with Crippen LogP contribution in [0.4, 0.5) is 0 Å². The van der Waals surface area contributed by atoms with E-state index in [1.807, 2.05) is 12.2 Å². The SMILES string of the molecule is C=CCCCCc1cc(Br)ccc1-c1ccc(Br)cc1CCCC=C. The lowest BCUT2D eigenvalue weighted by Gasteiger charge is -2.15. The Morgan fingerprint density at radius 3 is 1.68 bits per heavy atom. The largest absolute Gasteiger partial charge is 0.103 e. The zero-order chi connectivity index (χ0) is 18.1. The number of benzene rings is 2. The molecule has 2 aromatic rings. The highest BCUT2D eigenvalue weighted by molar-refractivity contribution is 9.10. The second-order valence-corrected chi connectivity index (χ2v) is 8.15. The lowest BCUT2D eigenvalue weighted by atomic mass is 9.91. The fourth-order valence-corrected chi connectivity index (χ4v) is 3.92. The van der Waals surface area contributed by atoms with Crippen LogP contribution in [0.1, 0.15) is 43.2 Å². The Morgan fingerprint density at radius 2 is 1.16 bits per heavy atom. The van der Waals surface area contributed by atoms with Crippen molar-refractivity contribution >= 4 is 31.9 Å². The first-order valence-electron chi connectivity index (χ1n) is 8.94. The Hall–Kier alpha value is -1.12. The molecule has 0 bridgehead atoms. The van der Waals surface area contributed by atoms with Gasteiger partial charge in [-0.05, 0) is 91.5 Å². The van der Waals surface area contributed by atoms with Crippen LogP contribution in [0.25, 0.3) is 11.1 Å². The molecule has 0 heterocycles. The predicted molar refractivity (Wildman–Crippen MR) is 118 cm³/mol. The van der Waals surface area contributed by atoms with E-state index in [2.05, 4.69) is 81.4 Å². The number of aryl methyl sites for hydroxylation is 2. The van der Waals surface area contributed by atoms with Crippen molar-refractivity contribution in [3.05, 3.63) is 81.8 Å². The van der Waals surface area contributed by atoms with Crippen LogP contribution in [0.2, 0.25) is 0 Å². The summed E-state index contributed by atoms with van der Waals surface area (Å²) < 4.78 is 2.30. The number of halogens is 2. The summed E-state index contributed by atoms with van der Waals surface area (Å²) in [6.07, 6.45) is 11.9. The van der Waals surface area contributed by atoms with E-state index in [9.17, 15) is 0 Å². The maximum atomic E-state index is 3.84. The normalized spacial score (nSPS) is 10.6. The number of hydrogen-bond donors (Lipinski definition) is 0. The molecule has 0 N–H and O–H groups in total. The van der Waals surface area contributed by atoms with Crippen molar-refractivity contribution in [2.24, 2.45) is 0 Å². The lowest BCUT2D eigenvalue weighted by molar-refractivity contribution is 0.748. The summed E-state index contributed by atoms with van der Waals surface area (Å²) in [5.41, 5.74) is 5.55. The number of rotatable bonds is 10. The van der Waals surface area contributed by atoms with Crippen LogP contribution in [0.5, 0.6) is 0 Å². The topological polar surface area (TPSA) is 0 Å². The van der Waals surface area contributed by atoms with Crippen molar-refractivity contribution in [3.8, 4) is 11.1 Å². The van der Waals surface area contributed by atoms with Crippen molar-refractivity contribution in [2.75, 3.05) is 0 Å². The minimum Gasteiger partial charge on any atom is -0.103 e. The Balaban J connectivity index is 2.32. The highest BCUT2D eigenvalue weighted by Crippen LogP contribution is 2.33. The molecule has 0 unspecified atom stereocenters. The zero-order valence-electron chi connectivity index (χ0n) is 14.7. The van der Waals surface area contributed by atoms with Gasteiger partial charge >= 0.3 is 0 Å². The van der Waals surface area contributed by atoms with Gasteiger partial charge in [0.05, 0.1) is 0 Å². The van der Waals surface area contributed by atoms with Crippen LogP contribution < -0.4 is 0 Å². The second kappa shape index (κ2) is 10.8. The molecule has 2 rings (SSSR count). The van der Waals surface area contributed by atoms with Gasteiger partial charge in [-0.25, -0.2) is 0 Å². The zero-order valence-corrected chi connectivity index (χ0v) is 17.9. The molecule has 0 nitrogen and oxygen atoms in total. The van der Waals surface area contributed by atoms with Crippen LogP contribution in [-0.2, 0) is 12.8 Å². The molecule has 0 fully saturated rings. The van der Waals surface area contributed by atoms with E-state index >= 15 is 0 Å². The lowest BCUT2D eigenvalue weighted by Crippen LogP contribution is -1.96. The molecule has 0 radical (unpaired) electrons. The molecule has 0 aliphatic heterocycles. The van der Waals surface area contributed by atoms with Crippen molar-refractivity contribution in [1.29, 1.82) is 0 Å². The van der Waals surface area contributed by atoms with Gasteiger partial charge in [0, 0.05) is 8.95 Å². The number of hydrogen-bond acceptors (Lipinski definition) is 0. The Bertz CT molecular complexity index is 716. The third-order valence-corrected chi connectivity index (χ3v) is 5.37. The smallest absolute Gasteiger partial charge is 0.0178 e. The molecule has 0 aliphatic carbocycles. The van der Waals surface area contributed by atoms with Crippen LogP contribution in [-0.4, -0.2) is 0 Å². The quantitative estimate of drug-likeness (QED) is 0.246. The molecular formula is C23H26Br2. The molecule has 25 heavy (non-hydrogen) atoms. The van der Waals surface area contributed by atoms with Crippen LogP contribution in [0, 0.1) is 0 Å². The van der Waals surface area contributed by atoms with Crippen molar-refractivity contribution in [1.82, 2.24) is 0 Å². The number of unbranched alkanes of at least 4 members (excludes halogenated alkanes) is 3. The Kier molecular flexibility index (Phi) is 8.71. The molecule has 2 heteroatoms. The van der Waals surface area contributed by atoms with Gasteiger partial charge in [0.15, 0.2) is 0 Å². The molecule has 0 saturated carbocycles. The summed E-state index contributed by atoms with van der Waals surface area (Å²) in [6.45, 7) is 7.66. The third-order valence-electron chi connectivity index (χ3n) is 4.38. The van der Waals surface area contributed by atoms with E-state index in [-0.39, 0.29) is 0 Å². The van der Waals surface area contributed by atoms with Gasteiger partial charge in [-0.1, -0.05) is 56.1 Å². The Labute approximate surface area is 169 Å². The van der Waals surface area contributed by atoms with E-state index < -0.39 is 0 Å². The highest BCUT2D eigenvalue weighted by atomic mass is 79.9. The molecule has 0 amide bonds. The summed E-state index contributed by atoms with van der Waals surface area (Å²) in [4.78, 5) is 0. The molecule has 0 spiro atoms. The second-order valence-electron chi connectivity index (χ2n) is 6.32. The summed E-state index contributed by atoms with van der Waals surface area (Å²) in [5, 5.41) is 0. The minimum atomic E-state index is 1.06. The predicted octanol–water partition coefficient (Wildman–Crippen LogP) is 8.29. The molecule has 2 aromatic carbocycles. The molecule has 0 aromatic heterocycles. The average Bonchev–Trinajstić information content (AvgIpc) is 2.60. The molecule has 132 valence electrons. The fourth-order valence-electron chi connectivity index (χ4n) is 3.10. The van der Waals surface area contributed by atoms with Crippen LogP contribution in [0.3, 0.4) is 0 Å². The van der Waals surface area contributed by atoms with Crippen LogP contribution in [0.15, 0.2) is 70.7 Å². The van der Waals surface area contributed by atoms with Crippen molar-refractivity contribution in [3.63, 3.8) is 0 Å². The van der Waals surface area contributed by atoms with Gasteiger partial charge in [0.2, 0.25) is 0 Å². The van der Waals surface area contributed by atoms with E-state index in [1.54, 1.807) is 0 Å². The van der Waals surface area contributed by atoms with E-state index in [1.165, 1.54) is 35.1 Å². The molecule has 0 aliphatic rings.